The Morgan fingerprint density at radius 3 is 2.28 bits per heavy atom. The van der Waals surface area contributed by atoms with Gasteiger partial charge < -0.3 is 4.74 Å². The smallest absolute Gasteiger partial charge is 0.308 e. The lowest BCUT2D eigenvalue weighted by Gasteiger charge is -2.23. The highest BCUT2D eigenvalue weighted by molar-refractivity contribution is 5.72. The summed E-state index contributed by atoms with van der Waals surface area (Å²) in [5.74, 6) is 0.518. The van der Waals surface area contributed by atoms with Crippen LogP contribution in [0.3, 0.4) is 0 Å². The summed E-state index contributed by atoms with van der Waals surface area (Å²) in [6, 6.07) is 0. The summed E-state index contributed by atoms with van der Waals surface area (Å²) in [6.45, 7) is 13.4. The largest absolute Gasteiger partial charge is 0.465 e. The summed E-state index contributed by atoms with van der Waals surface area (Å²) in [4.78, 5) is 11.9. The second-order valence-electron chi connectivity index (χ2n) is 6.71. The molecule has 18 heavy (non-hydrogen) atoms. The molecule has 108 valence electrons. The molecular formula is C16H32O2. The summed E-state index contributed by atoms with van der Waals surface area (Å²) in [7, 11) is 0. The van der Waals surface area contributed by atoms with E-state index in [2.05, 4.69) is 34.6 Å². The average molecular weight is 256 g/mol. The second-order valence-corrected chi connectivity index (χ2v) is 6.71. The molecule has 0 spiro atoms. The molecule has 0 bridgehead atoms. The van der Waals surface area contributed by atoms with E-state index >= 15 is 0 Å². The third-order valence-electron chi connectivity index (χ3n) is 3.33. The van der Waals surface area contributed by atoms with Crippen LogP contribution in [0.25, 0.3) is 0 Å². The lowest BCUT2D eigenvalue weighted by molar-refractivity contribution is -0.150. The molecule has 0 aromatic carbocycles. The Kier molecular flexibility index (Phi) is 8.30. The van der Waals surface area contributed by atoms with E-state index in [0.717, 1.165) is 12.8 Å². The van der Waals surface area contributed by atoms with E-state index in [0.29, 0.717) is 12.5 Å². The quantitative estimate of drug-likeness (QED) is 0.582. The normalized spacial score (nSPS) is 15.2. The fraction of sp³-hybridized carbons (Fsp3) is 0.938. The van der Waals surface area contributed by atoms with Gasteiger partial charge >= 0.3 is 5.97 Å². The second kappa shape index (κ2) is 8.55. The molecule has 0 aliphatic carbocycles. The molecule has 2 atom stereocenters. The van der Waals surface area contributed by atoms with Crippen molar-refractivity contribution in [1.82, 2.24) is 0 Å². The maximum Gasteiger partial charge on any atom is 0.308 e. The van der Waals surface area contributed by atoms with Gasteiger partial charge in [-0.15, -0.1) is 0 Å². The molecule has 0 saturated carbocycles. The fourth-order valence-corrected chi connectivity index (χ4v) is 2.24. The number of hydrogen-bond acceptors (Lipinski definition) is 2. The van der Waals surface area contributed by atoms with Crippen LogP contribution in [0.15, 0.2) is 0 Å². The Balaban J connectivity index is 3.99. The van der Waals surface area contributed by atoms with Gasteiger partial charge in [-0.05, 0) is 24.2 Å². The maximum absolute atomic E-state index is 11.9. The van der Waals surface area contributed by atoms with Crippen LogP contribution in [0.4, 0.5) is 0 Å². The summed E-state index contributed by atoms with van der Waals surface area (Å²) in [5, 5.41) is 0. The summed E-state index contributed by atoms with van der Waals surface area (Å²) < 4.78 is 5.46. The molecule has 0 saturated heterocycles. The van der Waals surface area contributed by atoms with Crippen molar-refractivity contribution < 1.29 is 9.53 Å². The minimum Gasteiger partial charge on any atom is -0.465 e. The van der Waals surface area contributed by atoms with Crippen LogP contribution >= 0.6 is 0 Å². The zero-order valence-electron chi connectivity index (χ0n) is 13.2. The van der Waals surface area contributed by atoms with Crippen molar-refractivity contribution in [2.45, 2.75) is 73.6 Å². The van der Waals surface area contributed by atoms with Gasteiger partial charge in [0.2, 0.25) is 0 Å². The van der Waals surface area contributed by atoms with Crippen molar-refractivity contribution in [3.05, 3.63) is 0 Å². The number of carbonyl (C=O) groups excluding carboxylic acids is 1. The molecule has 2 nitrogen and oxygen atoms in total. The highest BCUT2D eigenvalue weighted by Crippen LogP contribution is 2.25. The first-order valence-electron chi connectivity index (χ1n) is 7.46. The van der Waals surface area contributed by atoms with Gasteiger partial charge in [0.15, 0.2) is 0 Å². The van der Waals surface area contributed by atoms with Crippen LogP contribution in [0.2, 0.25) is 0 Å². The molecule has 0 aliphatic heterocycles. The van der Waals surface area contributed by atoms with Crippen molar-refractivity contribution in [2.75, 3.05) is 6.61 Å². The van der Waals surface area contributed by atoms with E-state index in [1.165, 1.54) is 19.3 Å². The van der Waals surface area contributed by atoms with Crippen molar-refractivity contribution in [1.29, 1.82) is 0 Å². The Labute approximate surface area is 113 Å². The zero-order valence-corrected chi connectivity index (χ0v) is 13.2. The number of hydrogen-bond donors (Lipinski definition) is 0. The molecular weight excluding hydrogens is 224 g/mol. The molecule has 2 heteroatoms. The highest BCUT2D eigenvalue weighted by atomic mass is 16.5. The molecule has 0 aromatic heterocycles. The number of rotatable bonds is 8. The van der Waals surface area contributed by atoms with Crippen LogP contribution in [0.1, 0.15) is 73.6 Å². The minimum atomic E-state index is -0.0279. The van der Waals surface area contributed by atoms with Crippen molar-refractivity contribution in [3.8, 4) is 0 Å². The van der Waals surface area contributed by atoms with Gasteiger partial charge in [-0.1, -0.05) is 60.8 Å². The zero-order chi connectivity index (χ0) is 14.2. The Hall–Kier alpha value is -0.530. The van der Waals surface area contributed by atoms with Gasteiger partial charge in [-0.3, -0.25) is 4.79 Å². The monoisotopic (exact) mass is 256 g/mol. The van der Waals surface area contributed by atoms with E-state index in [-0.39, 0.29) is 17.3 Å². The van der Waals surface area contributed by atoms with Crippen molar-refractivity contribution >= 4 is 5.97 Å². The lowest BCUT2D eigenvalue weighted by Crippen LogP contribution is -2.23. The Morgan fingerprint density at radius 2 is 1.83 bits per heavy atom. The SMILES string of the molecule is CCCCC(CC)COC(=O)C(C)CC(C)(C)C. The van der Waals surface area contributed by atoms with Crippen LogP contribution in [0, 0.1) is 17.3 Å². The van der Waals surface area contributed by atoms with E-state index < -0.39 is 0 Å². The van der Waals surface area contributed by atoms with Gasteiger partial charge in [0.25, 0.3) is 0 Å². The summed E-state index contributed by atoms with van der Waals surface area (Å²) in [5.41, 5.74) is 0.185. The standard InChI is InChI=1S/C16H32O2/c1-7-9-10-14(8-2)12-18-15(17)13(3)11-16(4,5)6/h13-14H,7-12H2,1-6H3. The molecule has 2 unspecified atom stereocenters. The van der Waals surface area contributed by atoms with Gasteiger partial charge in [-0.25, -0.2) is 0 Å². The fourth-order valence-electron chi connectivity index (χ4n) is 2.24. The van der Waals surface area contributed by atoms with Crippen LogP contribution < -0.4 is 0 Å². The summed E-state index contributed by atoms with van der Waals surface area (Å²) in [6.07, 6.45) is 5.60. The number of carbonyl (C=O) groups is 1. The number of ether oxygens (including phenoxy) is 1. The average Bonchev–Trinajstić information content (AvgIpc) is 2.26. The van der Waals surface area contributed by atoms with Crippen molar-refractivity contribution in [3.63, 3.8) is 0 Å². The molecule has 0 heterocycles. The lowest BCUT2D eigenvalue weighted by atomic mass is 9.85. The molecule has 0 radical (unpaired) electrons. The van der Waals surface area contributed by atoms with E-state index in [1.807, 2.05) is 6.92 Å². The summed E-state index contributed by atoms with van der Waals surface area (Å²) >= 11 is 0. The third kappa shape index (κ3) is 8.54. The van der Waals surface area contributed by atoms with E-state index in [4.69, 9.17) is 4.74 Å². The van der Waals surface area contributed by atoms with Gasteiger partial charge in [0.05, 0.1) is 12.5 Å². The Morgan fingerprint density at radius 1 is 1.22 bits per heavy atom. The van der Waals surface area contributed by atoms with Gasteiger partial charge in [0.1, 0.15) is 0 Å². The number of esters is 1. The van der Waals surface area contributed by atoms with E-state index in [1.54, 1.807) is 0 Å². The minimum absolute atomic E-state index is 0.00804. The molecule has 0 N–H and O–H groups in total. The highest BCUT2D eigenvalue weighted by Gasteiger charge is 2.22. The van der Waals surface area contributed by atoms with E-state index in [9.17, 15) is 4.79 Å². The third-order valence-corrected chi connectivity index (χ3v) is 3.33. The molecule has 0 rings (SSSR count). The molecule has 0 amide bonds. The Bertz CT molecular complexity index is 228. The molecule has 0 aromatic rings. The van der Waals surface area contributed by atoms with Crippen LogP contribution in [-0.4, -0.2) is 12.6 Å². The van der Waals surface area contributed by atoms with Gasteiger partial charge in [0, 0.05) is 0 Å². The maximum atomic E-state index is 11.9. The first-order chi connectivity index (χ1) is 8.30. The topological polar surface area (TPSA) is 26.3 Å². The van der Waals surface area contributed by atoms with Crippen LogP contribution in [0.5, 0.6) is 0 Å². The first-order valence-corrected chi connectivity index (χ1v) is 7.46. The first kappa shape index (κ1) is 17.5. The predicted molar refractivity (Wildman–Crippen MR) is 77.5 cm³/mol. The molecule has 0 aliphatic rings. The molecule has 0 fully saturated rings. The number of unbranched alkanes of at least 4 members (excludes halogenated alkanes) is 1. The predicted octanol–water partition coefficient (Wildman–Crippen LogP) is 4.82. The van der Waals surface area contributed by atoms with Crippen molar-refractivity contribution in [2.24, 2.45) is 17.3 Å². The van der Waals surface area contributed by atoms with Gasteiger partial charge in [-0.2, -0.15) is 0 Å². The van der Waals surface area contributed by atoms with Crippen LogP contribution in [-0.2, 0) is 9.53 Å².